The Bertz CT molecular complexity index is 4250. The van der Waals surface area contributed by atoms with Crippen LogP contribution in [0.25, 0.3) is 132 Å². The van der Waals surface area contributed by atoms with E-state index in [4.69, 9.17) is 9.97 Å². The first-order chi connectivity index (χ1) is 31.7. The van der Waals surface area contributed by atoms with Crippen LogP contribution in [0.4, 0.5) is 0 Å². The maximum absolute atomic E-state index is 5.31. The minimum atomic E-state index is 0.719. The molecule has 0 aliphatic rings. The first-order valence-corrected chi connectivity index (χ1v) is 21.9. The quantitative estimate of drug-likeness (QED) is 0.166. The lowest BCUT2D eigenvalue weighted by molar-refractivity contribution is 1.18. The van der Waals surface area contributed by atoms with Gasteiger partial charge in [0.1, 0.15) is 0 Å². The molecule has 14 rings (SSSR count). The van der Waals surface area contributed by atoms with Crippen LogP contribution >= 0.6 is 0 Å². The molecule has 0 N–H and O–H groups in total. The number of fused-ring (bicyclic) bond motifs is 13. The average molecular weight is 813 g/mol. The van der Waals surface area contributed by atoms with Crippen molar-refractivity contribution in [2.75, 3.05) is 0 Å². The molecule has 0 bridgehead atoms. The van der Waals surface area contributed by atoms with Gasteiger partial charge in [-0.1, -0.05) is 158 Å². The van der Waals surface area contributed by atoms with E-state index in [1.54, 1.807) is 0 Å². The highest BCUT2D eigenvalue weighted by Crippen LogP contribution is 2.40. The molecule has 4 nitrogen and oxygen atoms in total. The normalized spacial score (nSPS) is 12.1. The van der Waals surface area contributed by atoms with Crippen LogP contribution in [0.5, 0.6) is 0 Å². The monoisotopic (exact) mass is 812 g/mol. The number of para-hydroxylation sites is 3. The zero-order chi connectivity index (χ0) is 41.9. The molecule has 0 atom stereocenters. The third kappa shape index (κ3) is 5.17. The van der Waals surface area contributed by atoms with Gasteiger partial charge in [0.2, 0.25) is 0 Å². The largest absolute Gasteiger partial charge is 0.309 e. The highest BCUT2D eigenvalue weighted by molar-refractivity contribution is 6.19. The summed E-state index contributed by atoms with van der Waals surface area (Å²) in [6.07, 6.45) is 0. The fourth-order valence-corrected chi connectivity index (χ4v) is 10.5. The van der Waals surface area contributed by atoms with Crippen LogP contribution < -0.4 is 0 Å². The van der Waals surface area contributed by atoms with E-state index in [1.807, 2.05) is 0 Å². The molecule has 3 aromatic heterocycles. The molecule has 0 spiro atoms. The van der Waals surface area contributed by atoms with E-state index in [-0.39, 0.29) is 0 Å². The molecule has 11 aromatic carbocycles. The van der Waals surface area contributed by atoms with Gasteiger partial charge < -0.3 is 9.13 Å². The molecule has 0 saturated heterocycles. The van der Waals surface area contributed by atoms with Gasteiger partial charge in [-0.2, -0.15) is 0 Å². The number of hydrogen-bond acceptors (Lipinski definition) is 2. The predicted octanol–water partition coefficient (Wildman–Crippen LogP) is 15.8. The van der Waals surface area contributed by atoms with E-state index in [0.29, 0.717) is 0 Å². The summed E-state index contributed by atoms with van der Waals surface area (Å²) < 4.78 is 4.86. The van der Waals surface area contributed by atoms with Crippen LogP contribution in [-0.2, 0) is 0 Å². The van der Waals surface area contributed by atoms with Crippen LogP contribution in [0.2, 0.25) is 0 Å². The number of aromatic nitrogens is 4. The van der Waals surface area contributed by atoms with Crippen LogP contribution in [0.15, 0.2) is 218 Å². The molecule has 3 heterocycles. The van der Waals surface area contributed by atoms with Crippen LogP contribution in [-0.4, -0.2) is 19.1 Å². The molecule has 0 saturated carbocycles. The summed E-state index contributed by atoms with van der Waals surface area (Å²) in [7, 11) is 0. The van der Waals surface area contributed by atoms with Gasteiger partial charge in [0, 0.05) is 54.8 Å². The van der Waals surface area contributed by atoms with E-state index < -0.39 is 0 Å². The lowest BCUT2D eigenvalue weighted by atomic mass is 9.99. The molecule has 4 heteroatoms. The summed E-state index contributed by atoms with van der Waals surface area (Å²) in [5.74, 6) is 0.719. The molecule has 0 aliphatic heterocycles. The minimum Gasteiger partial charge on any atom is -0.309 e. The summed E-state index contributed by atoms with van der Waals surface area (Å²) >= 11 is 0. The Morgan fingerprint density at radius 3 is 1.67 bits per heavy atom. The molecule has 0 radical (unpaired) electrons. The first-order valence-electron chi connectivity index (χ1n) is 21.9. The third-order valence-electron chi connectivity index (χ3n) is 13.4. The second-order valence-electron chi connectivity index (χ2n) is 17.0. The van der Waals surface area contributed by atoms with Crippen molar-refractivity contribution in [3.63, 3.8) is 0 Å². The maximum atomic E-state index is 5.31. The fourth-order valence-electron chi connectivity index (χ4n) is 10.5. The standard InChI is InChI=1S/C60H36N4/c1-3-13-46-37(11-1)21-22-39-23-24-42(34-52(39)46)60-61-54-18-8-5-17-51(54)58(62-60)40-25-29-44(30-26-40)63-55-19-9-7-16-49(55)53-35-43-33-45(31-27-41(43)36-57(53)63)64-56-20-10-6-15-48(56)50-32-28-38-12-2-4-14-47(38)59(50)64/h1-36H. The van der Waals surface area contributed by atoms with Crippen molar-refractivity contribution < 1.29 is 0 Å². The molecule has 64 heavy (non-hydrogen) atoms. The molecule has 0 unspecified atom stereocenters. The second-order valence-corrected chi connectivity index (χ2v) is 17.0. The summed E-state index contributed by atoms with van der Waals surface area (Å²) in [5.41, 5.74) is 11.0. The van der Waals surface area contributed by atoms with Gasteiger partial charge in [0.05, 0.1) is 33.3 Å². The molecule has 0 fully saturated rings. The van der Waals surface area contributed by atoms with E-state index >= 15 is 0 Å². The van der Waals surface area contributed by atoms with Gasteiger partial charge >= 0.3 is 0 Å². The molecular weight excluding hydrogens is 777 g/mol. The van der Waals surface area contributed by atoms with E-state index in [0.717, 1.165) is 44.9 Å². The van der Waals surface area contributed by atoms with Gasteiger partial charge in [0.25, 0.3) is 0 Å². The molecule has 14 aromatic rings. The number of benzene rings is 11. The second kappa shape index (κ2) is 13.4. The minimum absolute atomic E-state index is 0.719. The van der Waals surface area contributed by atoms with Gasteiger partial charge in [0.15, 0.2) is 5.82 Å². The number of nitrogens with zero attached hydrogens (tertiary/aromatic N) is 4. The third-order valence-corrected chi connectivity index (χ3v) is 13.4. The maximum Gasteiger partial charge on any atom is 0.160 e. The summed E-state index contributed by atoms with van der Waals surface area (Å²) in [4.78, 5) is 10.4. The predicted molar refractivity (Wildman–Crippen MR) is 269 cm³/mol. The zero-order valence-corrected chi connectivity index (χ0v) is 34.6. The molecule has 0 amide bonds. The van der Waals surface area contributed by atoms with Crippen molar-refractivity contribution in [1.82, 2.24) is 19.1 Å². The molecular formula is C60H36N4. The van der Waals surface area contributed by atoms with Crippen LogP contribution in [0, 0.1) is 0 Å². The highest BCUT2D eigenvalue weighted by Gasteiger charge is 2.18. The topological polar surface area (TPSA) is 35.6 Å². The summed E-state index contributed by atoms with van der Waals surface area (Å²) in [6, 6.07) is 79.3. The van der Waals surface area contributed by atoms with Crippen molar-refractivity contribution in [2.45, 2.75) is 0 Å². The summed E-state index contributed by atoms with van der Waals surface area (Å²) in [5, 5.41) is 15.8. The lowest BCUT2D eigenvalue weighted by Crippen LogP contribution is -1.97. The number of hydrogen-bond donors (Lipinski definition) is 0. The van der Waals surface area contributed by atoms with Gasteiger partial charge in [-0.3, -0.25) is 0 Å². The van der Waals surface area contributed by atoms with Crippen molar-refractivity contribution in [3.8, 4) is 34.0 Å². The van der Waals surface area contributed by atoms with Crippen LogP contribution in [0.3, 0.4) is 0 Å². The van der Waals surface area contributed by atoms with Crippen molar-refractivity contribution in [2.24, 2.45) is 0 Å². The van der Waals surface area contributed by atoms with E-state index in [2.05, 4.69) is 228 Å². The lowest BCUT2D eigenvalue weighted by Gasteiger charge is -2.13. The Morgan fingerprint density at radius 2 is 0.859 bits per heavy atom. The smallest absolute Gasteiger partial charge is 0.160 e. The highest BCUT2D eigenvalue weighted by atomic mass is 15.0. The first kappa shape index (κ1) is 35.0. The van der Waals surface area contributed by atoms with Gasteiger partial charge in [-0.05, 0) is 98.4 Å². The fraction of sp³-hybridized carbons (Fsp3) is 0. The van der Waals surface area contributed by atoms with Crippen molar-refractivity contribution in [1.29, 1.82) is 0 Å². The average Bonchev–Trinajstić information content (AvgIpc) is 3.87. The Kier molecular flexibility index (Phi) is 7.36. The number of rotatable bonds is 4. The van der Waals surface area contributed by atoms with Gasteiger partial charge in [-0.15, -0.1) is 0 Å². The van der Waals surface area contributed by atoms with E-state index in [1.165, 1.54) is 86.7 Å². The molecule has 296 valence electrons. The Hall–Kier alpha value is -8.60. The Morgan fingerprint density at radius 1 is 0.281 bits per heavy atom. The zero-order valence-electron chi connectivity index (χ0n) is 34.6. The van der Waals surface area contributed by atoms with Crippen LogP contribution in [0.1, 0.15) is 0 Å². The Labute approximate surface area is 367 Å². The van der Waals surface area contributed by atoms with Crippen molar-refractivity contribution in [3.05, 3.63) is 218 Å². The molecule has 0 aliphatic carbocycles. The van der Waals surface area contributed by atoms with Crippen molar-refractivity contribution >= 4 is 97.6 Å². The SMILES string of the molecule is c1ccc2c(c1)ccc1ccc(-c3nc(-c4ccc(-n5c6ccccc6c6cc7cc(-n8c9ccccc9c9ccc%10ccccc%10c98)ccc7cc65)cc4)c4ccccc4n3)cc12. The Balaban J connectivity index is 0.904. The van der Waals surface area contributed by atoms with Gasteiger partial charge in [-0.25, -0.2) is 9.97 Å². The summed E-state index contributed by atoms with van der Waals surface area (Å²) in [6.45, 7) is 0. The van der Waals surface area contributed by atoms with E-state index in [9.17, 15) is 0 Å².